The standard InChI is InChI=1S/C10H16O3/c11-9-5-8-2-1-7(9)6-10(8)12-3-4-13-10/h7-9,11H,1-6H2. The van der Waals surface area contributed by atoms with Crippen molar-refractivity contribution in [3.05, 3.63) is 0 Å². The van der Waals surface area contributed by atoms with Crippen LogP contribution in [0.15, 0.2) is 0 Å². The Labute approximate surface area is 78.0 Å². The highest BCUT2D eigenvalue weighted by Gasteiger charge is 2.54. The molecular formula is C10H16O3. The molecule has 1 heterocycles. The zero-order chi connectivity index (χ0) is 8.89. The number of hydrogen-bond donors (Lipinski definition) is 1. The van der Waals surface area contributed by atoms with Crippen LogP contribution in [-0.2, 0) is 9.47 Å². The summed E-state index contributed by atoms with van der Waals surface area (Å²) in [4.78, 5) is 0. The number of ether oxygens (including phenoxy) is 2. The van der Waals surface area contributed by atoms with E-state index >= 15 is 0 Å². The summed E-state index contributed by atoms with van der Waals surface area (Å²) in [7, 11) is 0. The van der Waals surface area contributed by atoms with E-state index in [1.54, 1.807) is 0 Å². The predicted octanol–water partition coefficient (Wildman–Crippen LogP) is 0.910. The average Bonchev–Trinajstić information content (AvgIpc) is 2.57. The van der Waals surface area contributed by atoms with Gasteiger partial charge in [-0.05, 0) is 25.2 Å². The van der Waals surface area contributed by atoms with E-state index in [1.807, 2.05) is 0 Å². The van der Waals surface area contributed by atoms with Gasteiger partial charge in [0.1, 0.15) is 0 Å². The molecule has 74 valence electrons. The van der Waals surface area contributed by atoms with Gasteiger partial charge >= 0.3 is 0 Å². The molecular weight excluding hydrogens is 168 g/mol. The third-order valence-corrected chi connectivity index (χ3v) is 3.90. The Bertz CT molecular complexity index is 210. The van der Waals surface area contributed by atoms with Crippen LogP contribution in [0.3, 0.4) is 0 Å². The second-order valence-electron chi connectivity index (χ2n) is 4.55. The van der Waals surface area contributed by atoms with E-state index in [9.17, 15) is 5.11 Å². The van der Waals surface area contributed by atoms with E-state index in [4.69, 9.17) is 9.47 Å². The minimum Gasteiger partial charge on any atom is -0.393 e. The molecule has 13 heavy (non-hydrogen) atoms. The molecule has 4 rings (SSSR count). The van der Waals surface area contributed by atoms with Crippen LogP contribution < -0.4 is 0 Å². The molecule has 4 fully saturated rings. The highest BCUT2D eigenvalue weighted by atomic mass is 16.7. The number of rotatable bonds is 0. The van der Waals surface area contributed by atoms with Crippen molar-refractivity contribution in [2.75, 3.05) is 13.2 Å². The van der Waals surface area contributed by atoms with Gasteiger partial charge in [-0.3, -0.25) is 0 Å². The van der Waals surface area contributed by atoms with Gasteiger partial charge in [0, 0.05) is 12.3 Å². The van der Waals surface area contributed by atoms with E-state index in [0.717, 1.165) is 32.5 Å². The van der Waals surface area contributed by atoms with Crippen molar-refractivity contribution in [1.29, 1.82) is 0 Å². The lowest BCUT2D eigenvalue weighted by Crippen LogP contribution is -2.53. The molecule has 1 aliphatic heterocycles. The van der Waals surface area contributed by atoms with Crippen LogP contribution in [0, 0.1) is 11.8 Å². The topological polar surface area (TPSA) is 38.7 Å². The van der Waals surface area contributed by atoms with Crippen molar-refractivity contribution in [3.8, 4) is 0 Å². The summed E-state index contributed by atoms with van der Waals surface area (Å²) in [6.45, 7) is 1.47. The first-order valence-corrected chi connectivity index (χ1v) is 5.26. The summed E-state index contributed by atoms with van der Waals surface area (Å²) in [5.74, 6) is 0.570. The third-order valence-electron chi connectivity index (χ3n) is 3.90. The first-order valence-electron chi connectivity index (χ1n) is 5.26. The van der Waals surface area contributed by atoms with Crippen molar-refractivity contribution < 1.29 is 14.6 Å². The average molecular weight is 184 g/mol. The highest BCUT2D eigenvalue weighted by Crippen LogP contribution is 2.51. The zero-order valence-corrected chi connectivity index (χ0v) is 7.74. The molecule has 3 aliphatic carbocycles. The fourth-order valence-electron chi connectivity index (χ4n) is 3.20. The summed E-state index contributed by atoms with van der Waals surface area (Å²) < 4.78 is 11.5. The molecule has 3 heteroatoms. The van der Waals surface area contributed by atoms with Crippen molar-refractivity contribution >= 4 is 0 Å². The zero-order valence-electron chi connectivity index (χ0n) is 7.74. The normalized spacial score (nSPS) is 47.3. The van der Waals surface area contributed by atoms with Crippen molar-refractivity contribution in [2.24, 2.45) is 11.8 Å². The molecule has 0 aromatic heterocycles. The molecule has 0 aromatic carbocycles. The van der Waals surface area contributed by atoms with Gasteiger partial charge in [-0.15, -0.1) is 0 Å². The Kier molecular flexibility index (Phi) is 1.70. The first kappa shape index (κ1) is 8.21. The summed E-state index contributed by atoms with van der Waals surface area (Å²) in [5, 5.41) is 9.73. The monoisotopic (exact) mass is 184 g/mol. The fraction of sp³-hybridized carbons (Fsp3) is 1.00. The first-order chi connectivity index (χ1) is 6.30. The van der Waals surface area contributed by atoms with E-state index in [0.29, 0.717) is 11.8 Å². The van der Waals surface area contributed by atoms with Crippen LogP contribution >= 0.6 is 0 Å². The van der Waals surface area contributed by atoms with E-state index in [-0.39, 0.29) is 11.9 Å². The molecule has 2 bridgehead atoms. The van der Waals surface area contributed by atoms with E-state index in [2.05, 4.69) is 0 Å². The molecule has 0 aromatic rings. The van der Waals surface area contributed by atoms with Crippen LogP contribution in [0.4, 0.5) is 0 Å². The van der Waals surface area contributed by atoms with Gasteiger partial charge in [-0.1, -0.05) is 0 Å². The minimum atomic E-state index is -0.290. The molecule has 3 saturated carbocycles. The Hall–Kier alpha value is -0.120. The summed E-state index contributed by atoms with van der Waals surface area (Å²) in [5.41, 5.74) is 0. The molecule has 0 amide bonds. The smallest absolute Gasteiger partial charge is 0.171 e. The van der Waals surface area contributed by atoms with Crippen LogP contribution in [0.1, 0.15) is 25.7 Å². The molecule has 1 spiro atoms. The van der Waals surface area contributed by atoms with Crippen molar-refractivity contribution in [1.82, 2.24) is 0 Å². The summed E-state index contributed by atoms with van der Waals surface area (Å²) in [6, 6.07) is 0. The SMILES string of the molecule is OC1CC2CCC1CC21OCCO1. The Morgan fingerprint density at radius 3 is 2.46 bits per heavy atom. The molecule has 1 N–H and O–H groups in total. The molecule has 3 atom stereocenters. The number of aliphatic hydroxyl groups is 1. The third kappa shape index (κ3) is 1.07. The Morgan fingerprint density at radius 2 is 1.92 bits per heavy atom. The van der Waals surface area contributed by atoms with Crippen molar-refractivity contribution in [3.63, 3.8) is 0 Å². The summed E-state index contributed by atoms with van der Waals surface area (Å²) >= 11 is 0. The Morgan fingerprint density at radius 1 is 1.15 bits per heavy atom. The number of fused-ring (bicyclic) bond motifs is 2. The maximum atomic E-state index is 9.73. The lowest BCUT2D eigenvalue weighted by Gasteiger charge is -2.50. The van der Waals surface area contributed by atoms with Gasteiger partial charge in [0.2, 0.25) is 0 Å². The second kappa shape index (κ2) is 2.69. The molecule has 1 saturated heterocycles. The number of aliphatic hydroxyl groups excluding tert-OH is 1. The molecule has 3 unspecified atom stereocenters. The van der Waals surface area contributed by atoms with Gasteiger partial charge in [-0.25, -0.2) is 0 Å². The maximum Gasteiger partial charge on any atom is 0.171 e. The lowest BCUT2D eigenvalue weighted by atomic mass is 9.65. The van der Waals surface area contributed by atoms with Crippen LogP contribution in [-0.4, -0.2) is 30.2 Å². The van der Waals surface area contributed by atoms with Crippen molar-refractivity contribution in [2.45, 2.75) is 37.6 Å². The quantitative estimate of drug-likeness (QED) is 0.608. The van der Waals surface area contributed by atoms with Gasteiger partial charge in [-0.2, -0.15) is 0 Å². The van der Waals surface area contributed by atoms with Gasteiger partial charge < -0.3 is 14.6 Å². The number of hydrogen-bond acceptors (Lipinski definition) is 3. The second-order valence-corrected chi connectivity index (χ2v) is 4.55. The highest BCUT2D eigenvalue weighted by molar-refractivity contribution is 4.98. The van der Waals surface area contributed by atoms with E-state index < -0.39 is 0 Å². The van der Waals surface area contributed by atoms with Crippen LogP contribution in [0.5, 0.6) is 0 Å². The maximum absolute atomic E-state index is 9.73. The van der Waals surface area contributed by atoms with Crippen LogP contribution in [0.25, 0.3) is 0 Å². The van der Waals surface area contributed by atoms with Gasteiger partial charge in [0.15, 0.2) is 5.79 Å². The van der Waals surface area contributed by atoms with Gasteiger partial charge in [0.05, 0.1) is 19.3 Å². The largest absolute Gasteiger partial charge is 0.393 e. The Balaban J connectivity index is 1.85. The molecule has 0 radical (unpaired) electrons. The molecule has 4 aliphatic rings. The molecule has 3 nitrogen and oxygen atoms in total. The lowest BCUT2D eigenvalue weighted by molar-refractivity contribution is -0.256. The minimum absolute atomic E-state index is 0.0998. The van der Waals surface area contributed by atoms with Gasteiger partial charge in [0.25, 0.3) is 0 Å². The fourth-order valence-corrected chi connectivity index (χ4v) is 3.20. The summed E-state index contributed by atoms with van der Waals surface area (Å²) in [6.07, 6.45) is 4.02. The van der Waals surface area contributed by atoms with Crippen LogP contribution in [0.2, 0.25) is 0 Å². The predicted molar refractivity (Wildman–Crippen MR) is 46.1 cm³/mol. The van der Waals surface area contributed by atoms with E-state index in [1.165, 1.54) is 6.42 Å².